The summed E-state index contributed by atoms with van der Waals surface area (Å²) in [5.41, 5.74) is 0.328. The van der Waals surface area contributed by atoms with Crippen LogP contribution in [0.15, 0.2) is 0 Å². The topological polar surface area (TPSA) is 3.24 Å². The summed E-state index contributed by atoms with van der Waals surface area (Å²) in [6, 6.07) is 0.715. The normalized spacial score (nSPS) is 29.8. The van der Waals surface area contributed by atoms with E-state index >= 15 is 0 Å². The lowest BCUT2D eigenvalue weighted by atomic mass is 9.97. The zero-order valence-electron chi connectivity index (χ0n) is 10.2. The zero-order valence-corrected chi connectivity index (χ0v) is 11.8. The highest BCUT2D eigenvalue weighted by Gasteiger charge is 2.41. The minimum Gasteiger partial charge on any atom is -0.294 e. The number of nitrogens with zero attached hydrogens (tertiary/aromatic N) is 1. The van der Waals surface area contributed by atoms with Gasteiger partial charge in [-0.15, -0.1) is 0 Å². The van der Waals surface area contributed by atoms with Gasteiger partial charge in [0, 0.05) is 23.0 Å². The van der Waals surface area contributed by atoms with Gasteiger partial charge in [-0.1, -0.05) is 29.8 Å². The molecule has 1 nitrogen and oxygen atoms in total. The molecule has 2 unspecified atom stereocenters. The van der Waals surface area contributed by atoms with Crippen LogP contribution in [0.25, 0.3) is 0 Å². The highest BCUT2D eigenvalue weighted by atomic mass is 79.9. The standard InChI is InChI=1S/C12H24BrN/c1-9(2)8-10(3)14-7-6-11(13)12(14,4)5/h9-11H,6-8H2,1-5H3. The number of rotatable bonds is 3. The molecule has 1 fully saturated rings. The third kappa shape index (κ3) is 2.52. The zero-order chi connectivity index (χ0) is 10.9. The quantitative estimate of drug-likeness (QED) is 0.701. The molecule has 0 aromatic rings. The van der Waals surface area contributed by atoms with Gasteiger partial charge in [-0.2, -0.15) is 0 Å². The molecule has 0 aromatic carbocycles. The summed E-state index contributed by atoms with van der Waals surface area (Å²) in [5, 5.41) is 0. The van der Waals surface area contributed by atoms with Crippen molar-refractivity contribution in [3.63, 3.8) is 0 Å². The maximum atomic E-state index is 3.79. The first kappa shape index (κ1) is 12.5. The number of alkyl halides is 1. The third-order valence-electron chi connectivity index (χ3n) is 3.47. The molecule has 0 N–H and O–H groups in total. The lowest BCUT2D eigenvalue weighted by molar-refractivity contribution is 0.114. The highest BCUT2D eigenvalue weighted by molar-refractivity contribution is 9.09. The van der Waals surface area contributed by atoms with Crippen molar-refractivity contribution in [3.8, 4) is 0 Å². The second kappa shape index (κ2) is 4.52. The number of hydrogen-bond donors (Lipinski definition) is 0. The van der Waals surface area contributed by atoms with Gasteiger partial charge in [-0.05, 0) is 39.5 Å². The maximum Gasteiger partial charge on any atom is 0.0337 e. The van der Waals surface area contributed by atoms with Crippen molar-refractivity contribution in [2.45, 2.75) is 63.9 Å². The summed E-state index contributed by atoms with van der Waals surface area (Å²) >= 11 is 3.79. The Morgan fingerprint density at radius 2 is 1.93 bits per heavy atom. The predicted molar refractivity (Wildman–Crippen MR) is 67.0 cm³/mol. The van der Waals surface area contributed by atoms with E-state index in [0.717, 1.165) is 5.92 Å². The van der Waals surface area contributed by atoms with E-state index in [1.54, 1.807) is 0 Å². The van der Waals surface area contributed by atoms with Crippen LogP contribution in [0.2, 0.25) is 0 Å². The van der Waals surface area contributed by atoms with Crippen molar-refractivity contribution in [1.82, 2.24) is 4.90 Å². The fraction of sp³-hybridized carbons (Fsp3) is 1.00. The van der Waals surface area contributed by atoms with Gasteiger partial charge in [0.15, 0.2) is 0 Å². The summed E-state index contributed by atoms with van der Waals surface area (Å²) in [7, 11) is 0. The van der Waals surface area contributed by atoms with E-state index in [4.69, 9.17) is 0 Å². The van der Waals surface area contributed by atoms with E-state index in [1.165, 1.54) is 19.4 Å². The number of likely N-dealkylation sites (tertiary alicyclic amines) is 1. The molecule has 0 bridgehead atoms. The fourth-order valence-electron chi connectivity index (χ4n) is 2.67. The van der Waals surface area contributed by atoms with E-state index in [9.17, 15) is 0 Å². The monoisotopic (exact) mass is 261 g/mol. The fourth-order valence-corrected chi connectivity index (χ4v) is 3.14. The van der Waals surface area contributed by atoms with Gasteiger partial charge in [-0.3, -0.25) is 4.90 Å². The third-order valence-corrected chi connectivity index (χ3v) is 5.05. The Bertz CT molecular complexity index is 189. The molecule has 2 heteroatoms. The summed E-state index contributed by atoms with van der Waals surface area (Å²) in [6.07, 6.45) is 2.60. The smallest absolute Gasteiger partial charge is 0.0337 e. The lowest BCUT2D eigenvalue weighted by Crippen LogP contribution is -2.47. The first-order valence-corrected chi connectivity index (χ1v) is 6.68. The van der Waals surface area contributed by atoms with Gasteiger partial charge in [0.05, 0.1) is 0 Å². The van der Waals surface area contributed by atoms with Crippen LogP contribution in [-0.4, -0.2) is 27.9 Å². The van der Waals surface area contributed by atoms with E-state index in [0.29, 0.717) is 16.4 Å². The molecule has 0 spiro atoms. The molecule has 1 rings (SSSR count). The molecule has 1 aliphatic heterocycles. The van der Waals surface area contributed by atoms with Crippen LogP contribution >= 0.6 is 15.9 Å². The Morgan fingerprint density at radius 3 is 2.29 bits per heavy atom. The Hall–Kier alpha value is 0.440. The SMILES string of the molecule is CC(C)CC(C)N1CCC(Br)C1(C)C. The van der Waals surface area contributed by atoms with Crippen LogP contribution in [0.4, 0.5) is 0 Å². The molecular formula is C12H24BrN. The molecule has 0 aliphatic carbocycles. The molecule has 1 aliphatic rings. The average Bonchev–Trinajstić information content (AvgIpc) is 2.26. The van der Waals surface area contributed by atoms with Crippen LogP contribution < -0.4 is 0 Å². The molecule has 1 saturated heterocycles. The van der Waals surface area contributed by atoms with Gasteiger partial charge in [-0.25, -0.2) is 0 Å². The summed E-state index contributed by atoms with van der Waals surface area (Å²) in [6.45, 7) is 13.0. The van der Waals surface area contributed by atoms with Crippen molar-refractivity contribution in [2.24, 2.45) is 5.92 Å². The Balaban J connectivity index is 2.60. The average molecular weight is 262 g/mol. The van der Waals surface area contributed by atoms with Gasteiger partial charge in [0.2, 0.25) is 0 Å². The van der Waals surface area contributed by atoms with Crippen LogP contribution in [0.1, 0.15) is 47.5 Å². The molecule has 0 radical (unpaired) electrons. The van der Waals surface area contributed by atoms with Crippen molar-refractivity contribution in [3.05, 3.63) is 0 Å². The van der Waals surface area contributed by atoms with Crippen LogP contribution in [0.5, 0.6) is 0 Å². The first-order chi connectivity index (χ1) is 6.35. The lowest BCUT2D eigenvalue weighted by Gasteiger charge is -2.39. The highest BCUT2D eigenvalue weighted by Crippen LogP contribution is 2.36. The molecule has 2 atom stereocenters. The van der Waals surface area contributed by atoms with Gasteiger partial charge in [0.1, 0.15) is 0 Å². The minimum atomic E-state index is 0.328. The molecule has 0 amide bonds. The summed E-state index contributed by atoms with van der Waals surface area (Å²) in [5.74, 6) is 0.801. The summed E-state index contributed by atoms with van der Waals surface area (Å²) in [4.78, 5) is 3.32. The van der Waals surface area contributed by atoms with Gasteiger partial charge < -0.3 is 0 Å². The van der Waals surface area contributed by atoms with Crippen molar-refractivity contribution in [2.75, 3.05) is 6.54 Å². The minimum absolute atomic E-state index is 0.328. The Morgan fingerprint density at radius 1 is 1.36 bits per heavy atom. The van der Waals surface area contributed by atoms with Crippen LogP contribution in [-0.2, 0) is 0 Å². The second-order valence-electron chi connectivity index (χ2n) is 5.58. The van der Waals surface area contributed by atoms with Crippen molar-refractivity contribution >= 4 is 15.9 Å². The molecular weight excluding hydrogens is 238 g/mol. The van der Waals surface area contributed by atoms with E-state index in [2.05, 4.69) is 55.4 Å². The molecule has 14 heavy (non-hydrogen) atoms. The first-order valence-electron chi connectivity index (χ1n) is 5.76. The van der Waals surface area contributed by atoms with E-state index < -0.39 is 0 Å². The Kier molecular flexibility index (Phi) is 4.04. The predicted octanol–water partition coefficient (Wildman–Crippen LogP) is 3.67. The molecule has 0 saturated carbocycles. The Labute approximate surface area is 97.4 Å². The molecule has 84 valence electrons. The van der Waals surface area contributed by atoms with Gasteiger partial charge >= 0.3 is 0 Å². The van der Waals surface area contributed by atoms with Gasteiger partial charge in [0.25, 0.3) is 0 Å². The van der Waals surface area contributed by atoms with E-state index in [-0.39, 0.29) is 0 Å². The molecule has 1 heterocycles. The second-order valence-corrected chi connectivity index (χ2v) is 6.69. The van der Waals surface area contributed by atoms with Crippen LogP contribution in [0.3, 0.4) is 0 Å². The van der Waals surface area contributed by atoms with Crippen molar-refractivity contribution in [1.29, 1.82) is 0 Å². The number of halogens is 1. The molecule has 0 aromatic heterocycles. The van der Waals surface area contributed by atoms with Crippen LogP contribution in [0, 0.1) is 5.92 Å². The van der Waals surface area contributed by atoms with Crippen molar-refractivity contribution < 1.29 is 0 Å². The maximum absolute atomic E-state index is 3.79. The number of hydrogen-bond acceptors (Lipinski definition) is 1. The largest absolute Gasteiger partial charge is 0.294 e. The van der Waals surface area contributed by atoms with E-state index in [1.807, 2.05) is 0 Å². The summed E-state index contributed by atoms with van der Waals surface area (Å²) < 4.78 is 0.